The molecule has 2 rings (SSSR count). The highest BCUT2D eigenvalue weighted by Gasteiger charge is 2.29. The van der Waals surface area contributed by atoms with Crippen molar-refractivity contribution in [2.24, 2.45) is 4.99 Å². The van der Waals surface area contributed by atoms with E-state index in [2.05, 4.69) is 34.2 Å². The molecule has 27 heavy (non-hydrogen) atoms. The third-order valence-electron chi connectivity index (χ3n) is 4.05. The van der Waals surface area contributed by atoms with Crippen LogP contribution < -0.4 is 10.6 Å². The van der Waals surface area contributed by atoms with Crippen LogP contribution in [0.15, 0.2) is 41.2 Å². The Morgan fingerprint density at radius 1 is 1.26 bits per heavy atom. The predicted octanol–water partition coefficient (Wildman–Crippen LogP) is 3.28. The van der Waals surface area contributed by atoms with Crippen molar-refractivity contribution >= 4 is 11.8 Å². The van der Waals surface area contributed by atoms with Gasteiger partial charge in [-0.1, -0.05) is 38.1 Å². The van der Waals surface area contributed by atoms with Crippen LogP contribution >= 0.6 is 0 Å². The maximum Gasteiger partial charge on any atom is 0.422 e. The van der Waals surface area contributed by atoms with Gasteiger partial charge >= 0.3 is 6.18 Å². The van der Waals surface area contributed by atoms with Crippen LogP contribution in [0.25, 0.3) is 0 Å². The molecule has 5 nitrogen and oxygen atoms in total. The first-order valence-electron chi connectivity index (χ1n) is 8.72. The van der Waals surface area contributed by atoms with E-state index >= 15 is 0 Å². The first-order chi connectivity index (χ1) is 12.6. The van der Waals surface area contributed by atoms with Gasteiger partial charge in [-0.25, -0.2) is 4.99 Å². The Morgan fingerprint density at radius 2 is 1.93 bits per heavy atom. The van der Waals surface area contributed by atoms with Crippen LogP contribution in [-0.2, 0) is 16.0 Å². The third-order valence-corrected chi connectivity index (χ3v) is 4.05. The van der Waals surface area contributed by atoms with Gasteiger partial charge in [0.2, 0.25) is 11.8 Å². The molecule has 0 saturated carbocycles. The van der Waals surface area contributed by atoms with Crippen molar-refractivity contribution in [2.75, 3.05) is 13.2 Å². The van der Waals surface area contributed by atoms with Crippen molar-refractivity contribution in [1.29, 1.82) is 0 Å². The molecule has 1 atom stereocenters. The van der Waals surface area contributed by atoms with Crippen molar-refractivity contribution in [3.05, 3.63) is 47.3 Å². The lowest BCUT2D eigenvalue weighted by Gasteiger charge is -2.22. The number of aliphatic imine (C=N–C) groups is 1. The molecule has 1 aromatic rings. The highest BCUT2D eigenvalue weighted by molar-refractivity contribution is 5.81. The molecule has 1 aliphatic heterocycles. The summed E-state index contributed by atoms with van der Waals surface area (Å²) in [6, 6.07) is 7.55. The number of nitrogens with zero attached hydrogens (tertiary/aromatic N) is 1. The molecule has 0 spiro atoms. The summed E-state index contributed by atoms with van der Waals surface area (Å²) in [5.41, 5.74) is 2.74. The second kappa shape index (κ2) is 8.92. The topological polar surface area (TPSA) is 62.7 Å². The van der Waals surface area contributed by atoms with Gasteiger partial charge in [-0.15, -0.1) is 0 Å². The molecule has 0 bridgehead atoms. The maximum absolute atomic E-state index is 12.2. The molecule has 0 unspecified atom stereocenters. The number of benzene rings is 1. The molecule has 2 N–H and O–H groups in total. The minimum atomic E-state index is -4.40. The summed E-state index contributed by atoms with van der Waals surface area (Å²) < 4.78 is 41.0. The van der Waals surface area contributed by atoms with Gasteiger partial charge in [0.15, 0.2) is 6.61 Å². The van der Waals surface area contributed by atoms with Crippen molar-refractivity contribution in [3.8, 4) is 0 Å². The van der Waals surface area contributed by atoms with E-state index in [-0.39, 0.29) is 30.8 Å². The van der Waals surface area contributed by atoms with Gasteiger partial charge in [-0.05, 0) is 24.0 Å². The molecule has 1 aromatic carbocycles. The Kier molecular flexibility index (Phi) is 6.87. The summed E-state index contributed by atoms with van der Waals surface area (Å²) in [5.74, 6) is 0.244. The Bertz CT molecular complexity index is 710. The molecule has 1 heterocycles. The number of rotatable bonds is 6. The van der Waals surface area contributed by atoms with Gasteiger partial charge in [-0.3, -0.25) is 4.79 Å². The smallest absolute Gasteiger partial charge is 0.422 e. The Labute approximate surface area is 156 Å². The lowest BCUT2D eigenvalue weighted by molar-refractivity contribution is -0.156. The minimum absolute atomic E-state index is 0.0405. The van der Waals surface area contributed by atoms with E-state index in [1.165, 1.54) is 11.8 Å². The quantitative estimate of drug-likeness (QED) is 0.793. The molecule has 0 saturated heterocycles. The van der Waals surface area contributed by atoms with E-state index < -0.39 is 12.8 Å². The van der Waals surface area contributed by atoms with Gasteiger partial charge in [0, 0.05) is 0 Å². The Hall–Kier alpha value is -2.51. The average molecular weight is 383 g/mol. The van der Waals surface area contributed by atoms with Crippen molar-refractivity contribution in [2.45, 2.75) is 45.3 Å². The van der Waals surface area contributed by atoms with Crippen molar-refractivity contribution in [3.63, 3.8) is 0 Å². The lowest BCUT2D eigenvalue weighted by atomic mass is 10.0. The molecule has 1 aliphatic rings. The van der Waals surface area contributed by atoms with Gasteiger partial charge in [-0.2, -0.15) is 13.2 Å². The molecule has 1 amide bonds. The summed E-state index contributed by atoms with van der Waals surface area (Å²) in [5, 5.41) is 5.76. The minimum Gasteiger partial charge on any atom is -0.470 e. The first kappa shape index (κ1) is 20.8. The predicted molar refractivity (Wildman–Crippen MR) is 97.4 cm³/mol. The second-order valence-corrected chi connectivity index (χ2v) is 6.73. The Morgan fingerprint density at radius 3 is 2.44 bits per heavy atom. The van der Waals surface area contributed by atoms with Crippen LogP contribution in [0.2, 0.25) is 0 Å². The second-order valence-electron chi connectivity index (χ2n) is 6.73. The monoisotopic (exact) mass is 383 g/mol. The number of nitrogens with one attached hydrogen (secondary N) is 2. The van der Waals surface area contributed by atoms with E-state index in [1.807, 2.05) is 24.3 Å². The normalized spacial score (nSPS) is 15.5. The molecule has 148 valence electrons. The fraction of sp³-hybridized carbons (Fsp3) is 0.474. The number of halogens is 3. The zero-order valence-electron chi connectivity index (χ0n) is 15.6. The largest absolute Gasteiger partial charge is 0.470 e. The van der Waals surface area contributed by atoms with Crippen molar-refractivity contribution in [1.82, 2.24) is 10.6 Å². The average Bonchev–Trinajstić information content (AvgIpc) is 2.60. The molecule has 0 radical (unpaired) electrons. The summed E-state index contributed by atoms with van der Waals surface area (Å²) in [6.45, 7) is 4.65. The number of hydrogen-bond donors (Lipinski definition) is 2. The lowest BCUT2D eigenvalue weighted by Crippen LogP contribution is -2.42. The number of ether oxygens (including phenoxy) is 1. The summed E-state index contributed by atoms with van der Waals surface area (Å²) >= 11 is 0. The molecular weight excluding hydrogens is 359 g/mol. The zero-order chi connectivity index (χ0) is 20.0. The van der Waals surface area contributed by atoms with Gasteiger partial charge in [0.25, 0.3) is 0 Å². The van der Waals surface area contributed by atoms with Crippen LogP contribution in [0.4, 0.5) is 13.2 Å². The van der Waals surface area contributed by atoms with Gasteiger partial charge < -0.3 is 15.4 Å². The van der Waals surface area contributed by atoms with Crippen LogP contribution in [-0.4, -0.2) is 37.2 Å². The highest BCUT2D eigenvalue weighted by Crippen LogP contribution is 2.16. The van der Waals surface area contributed by atoms with Gasteiger partial charge in [0.1, 0.15) is 0 Å². The number of carbonyl (C=O) groups is 1. The highest BCUT2D eigenvalue weighted by atomic mass is 19.4. The summed E-state index contributed by atoms with van der Waals surface area (Å²) in [6.07, 6.45) is -2.78. The molecule has 0 aromatic heterocycles. The van der Waals surface area contributed by atoms with Crippen LogP contribution in [0, 0.1) is 0 Å². The number of carbonyl (C=O) groups excluding carboxylic acids is 1. The van der Waals surface area contributed by atoms with Crippen LogP contribution in [0.5, 0.6) is 0 Å². The Balaban J connectivity index is 1.85. The maximum atomic E-state index is 12.2. The summed E-state index contributed by atoms with van der Waals surface area (Å²) in [7, 11) is 0. The fourth-order valence-corrected chi connectivity index (χ4v) is 2.50. The number of amides is 1. The number of hydrogen-bond acceptors (Lipinski definition) is 4. The SMILES string of the molecule is CC(C)c1ccc(CC(=O)N[C@H](C)C2=CN=C(OCC(F)(F)F)CN2)cc1. The molecule has 8 heteroatoms. The molecule has 0 fully saturated rings. The van der Waals surface area contributed by atoms with E-state index in [4.69, 9.17) is 0 Å². The molecule has 0 aliphatic carbocycles. The van der Waals surface area contributed by atoms with E-state index in [0.717, 1.165) is 5.56 Å². The van der Waals surface area contributed by atoms with E-state index in [0.29, 0.717) is 11.6 Å². The van der Waals surface area contributed by atoms with E-state index in [9.17, 15) is 18.0 Å². The van der Waals surface area contributed by atoms with Crippen LogP contribution in [0.1, 0.15) is 37.8 Å². The van der Waals surface area contributed by atoms with Crippen molar-refractivity contribution < 1.29 is 22.7 Å². The molecular formula is C19H24F3N3O2. The van der Waals surface area contributed by atoms with Gasteiger partial charge in [0.05, 0.1) is 30.9 Å². The first-order valence-corrected chi connectivity index (χ1v) is 8.72. The summed E-state index contributed by atoms with van der Waals surface area (Å²) in [4.78, 5) is 16.1. The fourth-order valence-electron chi connectivity index (χ4n) is 2.50. The van der Waals surface area contributed by atoms with Crippen LogP contribution in [0.3, 0.4) is 0 Å². The third kappa shape index (κ3) is 6.96. The number of alkyl halides is 3. The van der Waals surface area contributed by atoms with E-state index in [1.54, 1.807) is 6.92 Å². The zero-order valence-corrected chi connectivity index (χ0v) is 15.6. The standard InChI is InChI=1S/C19H24F3N3O2/c1-12(2)15-6-4-14(5-7-15)8-17(26)25-13(3)16-9-24-18(10-23-16)27-11-19(20,21)22/h4-7,9,12-13,23H,8,10-11H2,1-3H3,(H,25,26)/t13-/m1/s1.